The van der Waals surface area contributed by atoms with Crippen LogP contribution >= 0.6 is 0 Å². The lowest BCUT2D eigenvalue weighted by Gasteiger charge is -2.02. The summed E-state index contributed by atoms with van der Waals surface area (Å²) in [6, 6.07) is 6.41. The molecule has 0 unspecified atom stereocenters. The van der Waals surface area contributed by atoms with E-state index in [1.54, 1.807) is 18.2 Å². The Morgan fingerprint density at radius 2 is 2.15 bits per heavy atom. The van der Waals surface area contributed by atoms with Crippen molar-refractivity contribution >= 4 is 15.9 Å². The predicted octanol–water partition coefficient (Wildman–Crippen LogP) is 0.283. The van der Waals surface area contributed by atoms with Crippen molar-refractivity contribution in [2.75, 3.05) is 4.72 Å². The second-order valence-electron chi connectivity index (χ2n) is 2.37. The molecule has 0 aliphatic carbocycles. The topological polar surface area (TPSA) is 72.2 Å². The molecule has 0 amide bonds. The zero-order valence-electron chi connectivity index (χ0n) is 6.69. The molecule has 1 aromatic rings. The van der Waals surface area contributed by atoms with Gasteiger partial charge in [-0.25, -0.2) is 5.14 Å². The van der Waals surface area contributed by atoms with Crippen LogP contribution in [0.15, 0.2) is 24.3 Å². The lowest BCUT2D eigenvalue weighted by Crippen LogP contribution is -2.21. The molecule has 68 valence electrons. The molecule has 3 N–H and O–H groups in total. The Kier molecular flexibility index (Phi) is 2.56. The molecular weight excluding hydrogens is 188 g/mol. The van der Waals surface area contributed by atoms with Crippen LogP contribution in [0.3, 0.4) is 0 Å². The molecule has 5 heteroatoms. The molecule has 0 atom stereocenters. The first-order valence-corrected chi connectivity index (χ1v) is 4.93. The van der Waals surface area contributed by atoms with Gasteiger partial charge in [0.2, 0.25) is 0 Å². The van der Waals surface area contributed by atoms with Gasteiger partial charge < -0.3 is 0 Å². The summed E-state index contributed by atoms with van der Waals surface area (Å²) >= 11 is 0. The largest absolute Gasteiger partial charge is 0.296 e. The van der Waals surface area contributed by atoms with E-state index in [-0.39, 0.29) is 0 Å². The zero-order valence-corrected chi connectivity index (χ0v) is 7.51. The van der Waals surface area contributed by atoms with Gasteiger partial charge in [0.05, 0.1) is 5.69 Å². The molecule has 1 rings (SSSR count). The molecule has 4 nitrogen and oxygen atoms in total. The monoisotopic (exact) mass is 196 g/mol. The summed E-state index contributed by atoms with van der Waals surface area (Å²) in [5.41, 5.74) is 0.951. The highest BCUT2D eigenvalue weighted by molar-refractivity contribution is 7.90. The first kappa shape index (κ1) is 9.58. The number of rotatable bonds is 2. The van der Waals surface area contributed by atoms with Gasteiger partial charge in [-0.15, -0.1) is 6.42 Å². The number of nitrogens with two attached hydrogens (primary N) is 1. The molecule has 0 aliphatic heterocycles. The van der Waals surface area contributed by atoms with Gasteiger partial charge in [-0.05, 0) is 18.2 Å². The fraction of sp³-hybridized carbons (Fsp3) is 0. The molecule has 0 spiro atoms. The summed E-state index contributed by atoms with van der Waals surface area (Å²) in [6.07, 6.45) is 5.12. The number of terminal acetylenes is 1. The highest BCUT2D eigenvalue weighted by Crippen LogP contribution is 2.09. The standard InChI is InChI=1S/C8H8N2O2S/c1-2-7-4-3-5-8(6-7)10-13(9,11)12/h1,3-6,10H,(H2,9,11,12). The van der Waals surface area contributed by atoms with Crippen LogP contribution in [0.1, 0.15) is 5.56 Å². The van der Waals surface area contributed by atoms with E-state index >= 15 is 0 Å². The van der Waals surface area contributed by atoms with Crippen molar-refractivity contribution in [2.24, 2.45) is 5.14 Å². The van der Waals surface area contributed by atoms with E-state index < -0.39 is 10.2 Å². The number of nitrogens with one attached hydrogen (secondary N) is 1. The van der Waals surface area contributed by atoms with Crippen molar-refractivity contribution in [3.8, 4) is 12.3 Å². The van der Waals surface area contributed by atoms with Crippen LogP contribution in [-0.2, 0) is 10.2 Å². The van der Waals surface area contributed by atoms with Gasteiger partial charge in [0.15, 0.2) is 0 Å². The third-order valence-electron chi connectivity index (χ3n) is 1.29. The van der Waals surface area contributed by atoms with Crippen molar-refractivity contribution in [2.45, 2.75) is 0 Å². The predicted molar refractivity (Wildman–Crippen MR) is 51.1 cm³/mol. The normalized spacial score (nSPS) is 10.5. The molecule has 0 bridgehead atoms. The fourth-order valence-electron chi connectivity index (χ4n) is 0.837. The van der Waals surface area contributed by atoms with E-state index in [2.05, 4.69) is 10.6 Å². The minimum Gasteiger partial charge on any atom is -0.271 e. The van der Waals surface area contributed by atoms with E-state index in [9.17, 15) is 8.42 Å². The summed E-state index contributed by atoms with van der Waals surface area (Å²) in [7, 11) is -3.72. The van der Waals surface area contributed by atoms with Crippen molar-refractivity contribution in [3.05, 3.63) is 29.8 Å². The maximum Gasteiger partial charge on any atom is 0.296 e. The Labute approximate surface area is 76.9 Å². The van der Waals surface area contributed by atoms with E-state index in [0.717, 1.165) is 0 Å². The Morgan fingerprint density at radius 3 is 2.69 bits per heavy atom. The zero-order chi connectivity index (χ0) is 9.90. The van der Waals surface area contributed by atoms with Gasteiger partial charge in [-0.2, -0.15) is 8.42 Å². The van der Waals surface area contributed by atoms with Gasteiger partial charge in [0.1, 0.15) is 0 Å². The lowest BCUT2D eigenvalue weighted by molar-refractivity contribution is 0.603. The van der Waals surface area contributed by atoms with Crippen molar-refractivity contribution in [1.29, 1.82) is 0 Å². The first-order valence-electron chi connectivity index (χ1n) is 3.38. The molecule has 0 saturated carbocycles. The molecular formula is C8H8N2O2S. The molecule has 0 saturated heterocycles. The van der Waals surface area contributed by atoms with Crippen molar-refractivity contribution < 1.29 is 8.42 Å². The second-order valence-corrected chi connectivity index (χ2v) is 3.67. The quantitative estimate of drug-likeness (QED) is 0.667. The molecule has 1 aromatic carbocycles. The number of benzene rings is 1. The number of anilines is 1. The van der Waals surface area contributed by atoms with Crippen LogP contribution in [-0.4, -0.2) is 8.42 Å². The third-order valence-corrected chi connectivity index (χ3v) is 1.81. The van der Waals surface area contributed by atoms with E-state index in [0.29, 0.717) is 11.3 Å². The Balaban J connectivity index is 2.99. The van der Waals surface area contributed by atoms with Gasteiger partial charge in [0, 0.05) is 5.56 Å². The molecule has 0 fully saturated rings. The summed E-state index contributed by atoms with van der Waals surface area (Å²) in [6.45, 7) is 0. The Morgan fingerprint density at radius 1 is 1.46 bits per heavy atom. The molecule has 0 radical (unpaired) electrons. The summed E-state index contributed by atoms with van der Waals surface area (Å²) < 4.78 is 23.3. The average Bonchev–Trinajstić information content (AvgIpc) is 2.01. The molecule has 0 heterocycles. The highest BCUT2D eigenvalue weighted by atomic mass is 32.2. The maximum absolute atomic E-state index is 10.6. The van der Waals surface area contributed by atoms with Crippen LogP contribution in [0.4, 0.5) is 5.69 Å². The summed E-state index contributed by atoms with van der Waals surface area (Å²) in [5.74, 6) is 2.38. The van der Waals surface area contributed by atoms with Crippen LogP contribution in [0.25, 0.3) is 0 Å². The average molecular weight is 196 g/mol. The van der Waals surface area contributed by atoms with Crippen molar-refractivity contribution in [1.82, 2.24) is 0 Å². The van der Waals surface area contributed by atoms with Gasteiger partial charge in [-0.1, -0.05) is 12.0 Å². The van der Waals surface area contributed by atoms with Gasteiger partial charge in [0.25, 0.3) is 10.2 Å². The maximum atomic E-state index is 10.6. The Hall–Kier alpha value is -1.51. The summed E-state index contributed by atoms with van der Waals surface area (Å²) in [5, 5.41) is 4.77. The van der Waals surface area contributed by atoms with Crippen molar-refractivity contribution in [3.63, 3.8) is 0 Å². The van der Waals surface area contributed by atoms with Gasteiger partial charge >= 0.3 is 0 Å². The van der Waals surface area contributed by atoms with Gasteiger partial charge in [-0.3, -0.25) is 4.72 Å². The SMILES string of the molecule is C#Cc1cccc(NS(N)(=O)=O)c1. The minimum atomic E-state index is -3.72. The van der Waals surface area contributed by atoms with Crippen LogP contribution < -0.4 is 9.86 Å². The highest BCUT2D eigenvalue weighted by Gasteiger charge is 2.01. The van der Waals surface area contributed by atoms with E-state index in [1.165, 1.54) is 6.07 Å². The van der Waals surface area contributed by atoms with E-state index in [4.69, 9.17) is 11.6 Å². The number of hydrogen-bond donors (Lipinski definition) is 2. The molecule has 0 aliphatic rings. The minimum absolute atomic E-state index is 0.359. The number of hydrogen-bond acceptors (Lipinski definition) is 2. The Bertz CT molecular complexity index is 445. The lowest BCUT2D eigenvalue weighted by atomic mass is 10.2. The fourth-order valence-corrected chi connectivity index (χ4v) is 1.29. The molecule has 13 heavy (non-hydrogen) atoms. The first-order chi connectivity index (χ1) is 6.01. The summed E-state index contributed by atoms with van der Waals surface area (Å²) in [4.78, 5) is 0. The van der Waals surface area contributed by atoms with E-state index in [1.807, 2.05) is 0 Å². The van der Waals surface area contributed by atoms with Crippen LogP contribution in [0.5, 0.6) is 0 Å². The smallest absolute Gasteiger partial charge is 0.271 e. The second kappa shape index (κ2) is 3.47. The molecule has 0 aromatic heterocycles. The van der Waals surface area contributed by atoms with Crippen LogP contribution in [0.2, 0.25) is 0 Å². The van der Waals surface area contributed by atoms with Crippen LogP contribution in [0, 0.1) is 12.3 Å². The third kappa shape index (κ3) is 3.15.